The maximum Gasteiger partial charge on any atom is 0.145 e. The van der Waals surface area contributed by atoms with Crippen molar-refractivity contribution in [2.24, 2.45) is 0 Å². The number of benzene rings is 2. The van der Waals surface area contributed by atoms with E-state index in [0.29, 0.717) is 0 Å². The predicted octanol–water partition coefficient (Wildman–Crippen LogP) is 4.65. The zero-order valence-corrected chi connectivity index (χ0v) is 11.4. The molecule has 0 spiro atoms. The van der Waals surface area contributed by atoms with Crippen molar-refractivity contribution in [2.45, 2.75) is 13.5 Å². The van der Waals surface area contributed by atoms with Crippen molar-refractivity contribution < 1.29 is 8.78 Å². The van der Waals surface area contributed by atoms with Crippen molar-refractivity contribution in [3.63, 3.8) is 0 Å². The first-order valence-electron chi connectivity index (χ1n) is 5.51. The lowest BCUT2D eigenvalue weighted by molar-refractivity contribution is 0.555. The molecule has 0 unspecified atom stereocenters. The minimum Gasteiger partial charge on any atom is -0.381 e. The molecular weight excluding hydrogens is 300 g/mol. The second-order valence-electron chi connectivity index (χ2n) is 3.99. The maximum atomic E-state index is 13.7. The lowest BCUT2D eigenvalue weighted by Crippen LogP contribution is -2.06. The van der Waals surface area contributed by atoms with Gasteiger partial charge in [-0.1, -0.05) is 18.2 Å². The van der Waals surface area contributed by atoms with Gasteiger partial charge in [0.15, 0.2) is 0 Å². The SMILES string of the molecule is Cc1ccccc1NCc1c(F)ccc(Br)c1F. The van der Waals surface area contributed by atoms with Gasteiger partial charge in [-0.3, -0.25) is 0 Å². The fourth-order valence-corrected chi connectivity index (χ4v) is 2.06. The molecule has 0 aliphatic heterocycles. The van der Waals surface area contributed by atoms with Gasteiger partial charge in [0.05, 0.1) is 4.47 Å². The number of hydrogen-bond donors (Lipinski definition) is 1. The standard InChI is InChI=1S/C14H12BrF2N/c1-9-4-2-3-5-13(9)18-8-10-12(16)7-6-11(15)14(10)17/h2-7,18H,8H2,1H3. The van der Waals surface area contributed by atoms with Crippen LogP contribution in [0.25, 0.3) is 0 Å². The second kappa shape index (κ2) is 5.48. The number of anilines is 1. The third kappa shape index (κ3) is 2.70. The van der Waals surface area contributed by atoms with E-state index in [1.54, 1.807) is 0 Å². The summed E-state index contributed by atoms with van der Waals surface area (Å²) in [5.41, 5.74) is 1.94. The van der Waals surface area contributed by atoms with E-state index in [4.69, 9.17) is 0 Å². The molecule has 0 heterocycles. The van der Waals surface area contributed by atoms with Crippen LogP contribution in [-0.2, 0) is 6.54 Å². The van der Waals surface area contributed by atoms with E-state index >= 15 is 0 Å². The largest absolute Gasteiger partial charge is 0.381 e. The molecule has 1 nitrogen and oxygen atoms in total. The van der Waals surface area contributed by atoms with Gasteiger partial charge in [0.25, 0.3) is 0 Å². The van der Waals surface area contributed by atoms with Gasteiger partial charge in [-0.2, -0.15) is 0 Å². The lowest BCUT2D eigenvalue weighted by Gasteiger charge is -2.11. The smallest absolute Gasteiger partial charge is 0.145 e. The molecule has 0 bridgehead atoms. The molecule has 0 fully saturated rings. The van der Waals surface area contributed by atoms with Crippen LogP contribution in [0.1, 0.15) is 11.1 Å². The summed E-state index contributed by atoms with van der Waals surface area (Å²) >= 11 is 3.05. The van der Waals surface area contributed by atoms with Gasteiger partial charge in [-0.15, -0.1) is 0 Å². The summed E-state index contributed by atoms with van der Waals surface area (Å²) in [6, 6.07) is 10.2. The van der Waals surface area contributed by atoms with Crippen LogP contribution in [0.15, 0.2) is 40.9 Å². The Morgan fingerprint density at radius 3 is 2.56 bits per heavy atom. The summed E-state index contributed by atoms with van der Waals surface area (Å²) < 4.78 is 27.5. The van der Waals surface area contributed by atoms with Crippen LogP contribution in [-0.4, -0.2) is 0 Å². The summed E-state index contributed by atoms with van der Waals surface area (Å²) in [6.45, 7) is 2.05. The number of hydrogen-bond acceptors (Lipinski definition) is 1. The van der Waals surface area contributed by atoms with Gasteiger partial charge in [-0.05, 0) is 46.6 Å². The fourth-order valence-electron chi connectivity index (χ4n) is 1.69. The molecule has 0 amide bonds. The average molecular weight is 312 g/mol. The van der Waals surface area contributed by atoms with Gasteiger partial charge < -0.3 is 5.32 Å². The highest BCUT2D eigenvalue weighted by atomic mass is 79.9. The van der Waals surface area contributed by atoms with Crippen LogP contribution >= 0.6 is 15.9 Å². The lowest BCUT2D eigenvalue weighted by atomic mass is 10.1. The molecule has 1 N–H and O–H groups in total. The first-order valence-corrected chi connectivity index (χ1v) is 6.31. The van der Waals surface area contributed by atoms with E-state index in [9.17, 15) is 8.78 Å². The normalized spacial score (nSPS) is 10.4. The minimum atomic E-state index is -0.559. The van der Waals surface area contributed by atoms with E-state index in [-0.39, 0.29) is 16.6 Å². The van der Waals surface area contributed by atoms with Crippen molar-refractivity contribution in [3.05, 3.63) is 63.6 Å². The predicted molar refractivity (Wildman–Crippen MR) is 72.6 cm³/mol. The number of rotatable bonds is 3. The fraction of sp³-hybridized carbons (Fsp3) is 0.143. The third-order valence-corrected chi connectivity index (χ3v) is 3.35. The quantitative estimate of drug-likeness (QED) is 0.814. The average Bonchev–Trinajstić information content (AvgIpc) is 2.36. The van der Waals surface area contributed by atoms with Gasteiger partial charge >= 0.3 is 0 Å². The van der Waals surface area contributed by atoms with E-state index < -0.39 is 11.6 Å². The van der Waals surface area contributed by atoms with Gasteiger partial charge in [-0.25, -0.2) is 8.78 Å². The molecule has 0 saturated carbocycles. The molecule has 0 atom stereocenters. The summed E-state index contributed by atoms with van der Waals surface area (Å²) in [5.74, 6) is -1.10. The molecule has 94 valence electrons. The maximum absolute atomic E-state index is 13.7. The van der Waals surface area contributed by atoms with Crippen LogP contribution in [0, 0.1) is 18.6 Å². The highest BCUT2D eigenvalue weighted by molar-refractivity contribution is 9.10. The number of nitrogens with one attached hydrogen (secondary N) is 1. The summed E-state index contributed by atoms with van der Waals surface area (Å²) in [7, 11) is 0. The molecule has 0 aliphatic carbocycles. The Kier molecular flexibility index (Phi) is 3.97. The summed E-state index contributed by atoms with van der Waals surface area (Å²) in [6.07, 6.45) is 0. The topological polar surface area (TPSA) is 12.0 Å². The molecule has 2 aromatic carbocycles. The molecule has 0 radical (unpaired) electrons. The number of para-hydroxylation sites is 1. The highest BCUT2D eigenvalue weighted by Gasteiger charge is 2.12. The highest BCUT2D eigenvalue weighted by Crippen LogP contribution is 2.23. The Balaban J connectivity index is 2.21. The van der Waals surface area contributed by atoms with E-state index in [0.717, 1.165) is 11.3 Å². The van der Waals surface area contributed by atoms with E-state index in [2.05, 4.69) is 21.2 Å². The Bertz CT molecular complexity index is 570. The summed E-state index contributed by atoms with van der Waals surface area (Å²) in [4.78, 5) is 0. The monoisotopic (exact) mass is 311 g/mol. The molecule has 2 rings (SSSR count). The molecule has 0 saturated heterocycles. The van der Waals surface area contributed by atoms with Crippen molar-refractivity contribution >= 4 is 21.6 Å². The van der Waals surface area contributed by atoms with Crippen LogP contribution in [0.3, 0.4) is 0 Å². The Morgan fingerprint density at radius 1 is 1.11 bits per heavy atom. The first-order chi connectivity index (χ1) is 8.59. The number of halogens is 3. The Labute approximate surface area is 113 Å². The molecule has 18 heavy (non-hydrogen) atoms. The van der Waals surface area contributed by atoms with Gasteiger partial charge in [0.2, 0.25) is 0 Å². The third-order valence-electron chi connectivity index (χ3n) is 2.74. The molecule has 0 aromatic heterocycles. The van der Waals surface area contributed by atoms with Gasteiger partial charge in [0, 0.05) is 17.8 Å². The summed E-state index contributed by atoms with van der Waals surface area (Å²) in [5, 5.41) is 3.04. The van der Waals surface area contributed by atoms with Gasteiger partial charge in [0.1, 0.15) is 11.6 Å². The second-order valence-corrected chi connectivity index (χ2v) is 4.84. The van der Waals surface area contributed by atoms with Crippen molar-refractivity contribution in [2.75, 3.05) is 5.32 Å². The van der Waals surface area contributed by atoms with Crippen molar-refractivity contribution in [1.29, 1.82) is 0 Å². The molecule has 0 aliphatic rings. The van der Waals surface area contributed by atoms with Crippen LogP contribution < -0.4 is 5.32 Å². The first kappa shape index (κ1) is 13.0. The Hall–Kier alpha value is -1.42. The van der Waals surface area contributed by atoms with Crippen LogP contribution in [0.2, 0.25) is 0 Å². The zero-order chi connectivity index (χ0) is 13.1. The minimum absolute atomic E-state index is 0.0348. The number of aryl methyl sites for hydroxylation is 1. The molecule has 4 heteroatoms. The zero-order valence-electron chi connectivity index (χ0n) is 9.81. The van der Waals surface area contributed by atoms with Crippen LogP contribution in [0.4, 0.5) is 14.5 Å². The molecule has 2 aromatic rings. The molecular formula is C14H12BrF2N. The van der Waals surface area contributed by atoms with Crippen LogP contribution in [0.5, 0.6) is 0 Å². The van der Waals surface area contributed by atoms with E-state index in [1.165, 1.54) is 12.1 Å². The van der Waals surface area contributed by atoms with E-state index in [1.807, 2.05) is 31.2 Å². The van der Waals surface area contributed by atoms with Crippen molar-refractivity contribution in [1.82, 2.24) is 0 Å². The van der Waals surface area contributed by atoms with Crippen molar-refractivity contribution in [3.8, 4) is 0 Å². The Morgan fingerprint density at radius 2 is 1.83 bits per heavy atom.